The van der Waals surface area contributed by atoms with Crippen molar-refractivity contribution in [3.05, 3.63) is 30.1 Å². The van der Waals surface area contributed by atoms with Crippen LogP contribution in [0.3, 0.4) is 0 Å². The highest BCUT2D eigenvalue weighted by atomic mass is 16.3. The second-order valence-corrected chi connectivity index (χ2v) is 3.89. The summed E-state index contributed by atoms with van der Waals surface area (Å²) in [5, 5.41) is 8.83. The quantitative estimate of drug-likeness (QED) is 0.761. The lowest BCUT2D eigenvalue weighted by atomic mass is 10.0. The fraction of sp³-hybridized carbons (Fsp3) is 0.455. The fourth-order valence-corrected chi connectivity index (χ4v) is 1.68. The minimum Gasteiger partial charge on any atom is -0.396 e. The van der Waals surface area contributed by atoms with Crippen LogP contribution in [0.4, 0.5) is 0 Å². The highest BCUT2D eigenvalue weighted by Crippen LogP contribution is 2.15. The molecule has 0 aromatic carbocycles. The van der Waals surface area contributed by atoms with Gasteiger partial charge in [-0.2, -0.15) is 0 Å². The van der Waals surface area contributed by atoms with Crippen LogP contribution in [0, 0.1) is 5.92 Å². The molecule has 1 N–H and O–H groups in total. The number of nitrogens with zero attached hydrogens (tertiary/aromatic N) is 2. The standard InChI is InChI=1S/C11H14N2O2/c14-8-10-6-13(7-10)11(15)4-9-2-1-3-12-5-9/h1-3,5,10,14H,4,6-8H2. The lowest BCUT2D eigenvalue weighted by Gasteiger charge is -2.38. The van der Waals surface area contributed by atoms with Crippen LogP contribution in [0.15, 0.2) is 24.5 Å². The van der Waals surface area contributed by atoms with Gasteiger partial charge in [0, 0.05) is 38.0 Å². The summed E-state index contributed by atoms with van der Waals surface area (Å²) in [5.74, 6) is 0.399. The van der Waals surface area contributed by atoms with E-state index in [0.717, 1.165) is 5.56 Å². The summed E-state index contributed by atoms with van der Waals surface area (Å²) in [5.41, 5.74) is 0.940. The predicted octanol–water partition coefficient (Wildman–Crippen LogP) is 0.0748. The molecule has 0 spiro atoms. The number of hydrogen-bond acceptors (Lipinski definition) is 3. The van der Waals surface area contributed by atoms with Gasteiger partial charge in [0.2, 0.25) is 5.91 Å². The molecular formula is C11H14N2O2. The number of amides is 1. The summed E-state index contributed by atoms with van der Waals surface area (Å²) < 4.78 is 0. The molecule has 1 amide bonds. The Kier molecular flexibility index (Phi) is 2.97. The zero-order chi connectivity index (χ0) is 10.7. The number of aliphatic hydroxyl groups excluding tert-OH is 1. The van der Waals surface area contributed by atoms with Gasteiger partial charge in [0.05, 0.1) is 6.42 Å². The van der Waals surface area contributed by atoms with Gasteiger partial charge in [0.1, 0.15) is 0 Å². The van der Waals surface area contributed by atoms with Gasteiger partial charge in [-0.05, 0) is 11.6 Å². The van der Waals surface area contributed by atoms with Gasteiger partial charge in [-0.1, -0.05) is 6.07 Å². The van der Waals surface area contributed by atoms with E-state index in [0.29, 0.717) is 19.5 Å². The lowest BCUT2D eigenvalue weighted by Crippen LogP contribution is -2.51. The number of aromatic nitrogens is 1. The van der Waals surface area contributed by atoms with Crippen LogP contribution < -0.4 is 0 Å². The van der Waals surface area contributed by atoms with Crippen LogP contribution in [0.1, 0.15) is 5.56 Å². The molecule has 0 aliphatic carbocycles. The van der Waals surface area contributed by atoms with Crippen LogP contribution in [0.25, 0.3) is 0 Å². The lowest BCUT2D eigenvalue weighted by molar-refractivity contribution is -0.137. The third kappa shape index (κ3) is 2.33. The maximum Gasteiger partial charge on any atom is 0.227 e. The van der Waals surface area contributed by atoms with E-state index in [4.69, 9.17) is 5.11 Å². The van der Waals surface area contributed by atoms with Crippen molar-refractivity contribution in [2.45, 2.75) is 6.42 Å². The molecule has 0 radical (unpaired) electrons. The molecule has 15 heavy (non-hydrogen) atoms. The summed E-state index contributed by atoms with van der Waals surface area (Å²) in [7, 11) is 0. The van der Waals surface area contributed by atoms with Crippen LogP contribution in [-0.2, 0) is 11.2 Å². The average Bonchev–Trinajstić information content (AvgIpc) is 2.17. The first kappa shape index (κ1) is 10.1. The van der Waals surface area contributed by atoms with Gasteiger partial charge in [0.25, 0.3) is 0 Å². The summed E-state index contributed by atoms with van der Waals surface area (Å²) in [6.07, 6.45) is 3.81. The predicted molar refractivity (Wildman–Crippen MR) is 55.1 cm³/mol. The molecular weight excluding hydrogens is 192 g/mol. The first-order valence-corrected chi connectivity index (χ1v) is 5.07. The van der Waals surface area contributed by atoms with Gasteiger partial charge in [-0.25, -0.2) is 0 Å². The summed E-state index contributed by atoms with van der Waals surface area (Å²) in [6, 6.07) is 3.73. The third-order valence-corrected chi connectivity index (χ3v) is 2.65. The van der Waals surface area contributed by atoms with Crippen LogP contribution in [0.5, 0.6) is 0 Å². The van der Waals surface area contributed by atoms with Crippen molar-refractivity contribution in [1.82, 2.24) is 9.88 Å². The highest BCUT2D eigenvalue weighted by molar-refractivity contribution is 5.79. The number of pyridine rings is 1. The maximum atomic E-state index is 11.7. The topological polar surface area (TPSA) is 53.4 Å². The zero-order valence-electron chi connectivity index (χ0n) is 8.47. The van der Waals surface area contributed by atoms with Gasteiger partial charge in [-0.15, -0.1) is 0 Å². The third-order valence-electron chi connectivity index (χ3n) is 2.65. The molecule has 0 atom stereocenters. The number of rotatable bonds is 3. The highest BCUT2D eigenvalue weighted by Gasteiger charge is 2.29. The van der Waals surface area contributed by atoms with E-state index in [-0.39, 0.29) is 18.4 Å². The number of hydrogen-bond donors (Lipinski definition) is 1. The fourth-order valence-electron chi connectivity index (χ4n) is 1.68. The first-order chi connectivity index (χ1) is 7.29. The molecule has 1 aliphatic rings. The van der Waals surface area contributed by atoms with Crippen LogP contribution in [-0.4, -0.2) is 40.6 Å². The minimum absolute atomic E-state index is 0.118. The Bertz CT molecular complexity index is 334. The van der Waals surface area contributed by atoms with E-state index in [2.05, 4.69) is 4.98 Å². The minimum atomic E-state index is 0.118. The zero-order valence-corrected chi connectivity index (χ0v) is 8.47. The average molecular weight is 206 g/mol. The van der Waals surface area contributed by atoms with Crippen molar-refractivity contribution in [2.75, 3.05) is 19.7 Å². The first-order valence-electron chi connectivity index (χ1n) is 5.07. The van der Waals surface area contributed by atoms with E-state index in [1.54, 1.807) is 17.3 Å². The number of aliphatic hydroxyl groups is 1. The Hall–Kier alpha value is -1.42. The molecule has 4 nitrogen and oxygen atoms in total. The van der Waals surface area contributed by atoms with Gasteiger partial charge < -0.3 is 10.0 Å². The normalized spacial score (nSPS) is 16.2. The number of carbonyl (C=O) groups is 1. The molecule has 2 rings (SSSR count). The molecule has 2 heterocycles. The molecule has 1 fully saturated rings. The number of carbonyl (C=O) groups excluding carboxylic acids is 1. The van der Waals surface area contributed by atoms with E-state index in [1.807, 2.05) is 12.1 Å². The summed E-state index contributed by atoms with van der Waals surface area (Å²) >= 11 is 0. The molecule has 80 valence electrons. The maximum absolute atomic E-state index is 11.7. The number of likely N-dealkylation sites (tertiary alicyclic amines) is 1. The van der Waals surface area contributed by atoms with Crippen molar-refractivity contribution in [3.63, 3.8) is 0 Å². The van der Waals surface area contributed by atoms with Gasteiger partial charge in [-0.3, -0.25) is 9.78 Å². The van der Waals surface area contributed by atoms with E-state index in [1.165, 1.54) is 0 Å². The van der Waals surface area contributed by atoms with E-state index < -0.39 is 0 Å². The SMILES string of the molecule is O=C(Cc1cccnc1)N1CC(CO)C1. The summed E-state index contributed by atoms with van der Waals surface area (Å²) in [4.78, 5) is 17.4. The second kappa shape index (κ2) is 4.40. The summed E-state index contributed by atoms with van der Waals surface area (Å²) in [6.45, 7) is 1.56. The molecule has 1 saturated heterocycles. The monoisotopic (exact) mass is 206 g/mol. The van der Waals surface area contributed by atoms with E-state index in [9.17, 15) is 4.79 Å². The van der Waals surface area contributed by atoms with Crippen LogP contribution >= 0.6 is 0 Å². The Morgan fingerprint density at radius 2 is 2.40 bits per heavy atom. The van der Waals surface area contributed by atoms with Crippen molar-refractivity contribution < 1.29 is 9.90 Å². The molecule has 0 unspecified atom stereocenters. The Morgan fingerprint density at radius 3 is 3.00 bits per heavy atom. The Balaban J connectivity index is 1.84. The van der Waals surface area contributed by atoms with Gasteiger partial charge >= 0.3 is 0 Å². The largest absolute Gasteiger partial charge is 0.396 e. The molecule has 1 aromatic rings. The van der Waals surface area contributed by atoms with Crippen molar-refractivity contribution in [3.8, 4) is 0 Å². The van der Waals surface area contributed by atoms with Crippen LogP contribution in [0.2, 0.25) is 0 Å². The molecule has 0 saturated carbocycles. The van der Waals surface area contributed by atoms with E-state index >= 15 is 0 Å². The molecule has 0 bridgehead atoms. The van der Waals surface area contributed by atoms with Crippen molar-refractivity contribution >= 4 is 5.91 Å². The second-order valence-electron chi connectivity index (χ2n) is 3.89. The Morgan fingerprint density at radius 1 is 1.60 bits per heavy atom. The molecule has 1 aromatic heterocycles. The molecule has 1 aliphatic heterocycles. The van der Waals surface area contributed by atoms with Crippen molar-refractivity contribution in [1.29, 1.82) is 0 Å². The van der Waals surface area contributed by atoms with Crippen molar-refractivity contribution in [2.24, 2.45) is 5.92 Å². The molecule has 4 heteroatoms. The Labute approximate surface area is 88.6 Å². The smallest absolute Gasteiger partial charge is 0.227 e. The van der Waals surface area contributed by atoms with Gasteiger partial charge in [0.15, 0.2) is 0 Å².